The number of imidazole rings is 1. The highest BCUT2D eigenvalue weighted by Gasteiger charge is 2.27. The number of rotatable bonds is 20. The van der Waals surface area contributed by atoms with Gasteiger partial charge in [0, 0.05) is 32.2 Å². The first-order chi connectivity index (χ1) is 24.9. The molecule has 1 unspecified atom stereocenters. The summed E-state index contributed by atoms with van der Waals surface area (Å²) < 4.78 is 17.1. The van der Waals surface area contributed by atoms with Crippen molar-refractivity contribution in [2.45, 2.75) is 77.9 Å². The molecular formula is C32H43ClN8O11. The molecule has 0 aliphatic rings. The SMILES string of the molecule is C=NN/C(=N\N)c1ccccc1-c1ccc(Cn2c(CCCC)nc(Cl)c2C(=O)OC(C)OC(=O)OCCC[C@@H](ON(O)O)[C@@H](C)ON(O)O)cc1. The lowest BCUT2D eigenvalue weighted by Gasteiger charge is -2.24. The van der Waals surface area contributed by atoms with Crippen molar-refractivity contribution in [3.63, 3.8) is 0 Å². The molecule has 3 aromatic rings. The van der Waals surface area contributed by atoms with Crippen molar-refractivity contribution in [2.24, 2.45) is 16.0 Å². The Morgan fingerprint density at radius 2 is 1.73 bits per heavy atom. The maximum atomic E-state index is 13.4. The van der Waals surface area contributed by atoms with Crippen LogP contribution in [-0.4, -0.2) is 90.9 Å². The van der Waals surface area contributed by atoms with E-state index in [-0.39, 0.29) is 36.8 Å². The molecule has 0 radical (unpaired) electrons. The first kappa shape index (κ1) is 41.7. The van der Waals surface area contributed by atoms with E-state index in [0.29, 0.717) is 18.1 Å². The summed E-state index contributed by atoms with van der Waals surface area (Å²) in [5.41, 5.74) is 5.95. The van der Waals surface area contributed by atoms with Crippen molar-refractivity contribution in [1.29, 1.82) is 0 Å². The third kappa shape index (κ3) is 12.5. The summed E-state index contributed by atoms with van der Waals surface area (Å²) in [5, 5.41) is 41.8. The summed E-state index contributed by atoms with van der Waals surface area (Å²) in [7, 11) is 0. The summed E-state index contributed by atoms with van der Waals surface area (Å²) in [4.78, 5) is 39.4. The van der Waals surface area contributed by atoms with Gasteiger partial charge in [0.05, 0.1) is 17.4 Å². The number of amidine groups is 1. The number of benzene rings is 2. The first-order valence-corrected chi connectivity index (χ1v) is 16.4. The van der Waals surface area contributed by atoms with Gasteiger partial charge < -0.3 is 24.6 Å². The third-order valence-electron chi connectivity index (χ3n) is 7.46. The van der Waals surface area contributed by atoms with Crippen LogP contribution in [0.2, 0.25) is 5.15 Å². The summed E-state index contributed by atoms with van der Waals surface area (Å²) in [5.74, 6) is 5.61. The fourth-order valence-corrected chi connectivity index (χ4v) is 5.33. The van der Waals surface area contributed by atoms with Crippen LogP contribution in [0.1, 0.15) is 73.9 Å². The molecule has 20 heteroatoms. The van der Waals surface area contributed by atoms with Crippen LogP contribution in [0.25, 0.3) is 11.1 Å². The Hall–Kier alpha value is -4.70. The average molecular weight is 751 g/mol. The molecule has 19 nitrogen and oxygen atoms in total. The van der Waals surface area contributed by atoms with Gasteiger partial charge in [-0.15, -0.1) is 0 Å². The number of esters is 1. The molecule has 0 amide bonds. The number of unbranched alkanes of at least 4 members (excludes halogenated alkanes) is 1. The predicted octanol–water partition coefficient (Wildman–Crippen LogP) is 4.64. The Bertz CT molecular complexity index is 1640. The van der Waals surface area contributed by atoms with Gasteiger partial charge in [-0.2, -0.15) is 10.2 Å². The second-order valence-corrected chi connectivity index (χ2v) is 11.5. The summed E-state index contributed by atoms with van der Waals surface area (Å²) in [6, 6.07) is 15.1. The molecule has 0 aliphatic carbocycles. The zero-order chi connectivity index (χ0) is 38.2. The van der Waals surface area contributed by atoms with Crippen LogP contribution >= 0.6 is 11.6 Å². The normalized spacial score (nSPS) is 13.5. The largest absolute Gasteiger partial charge is 0.511 e. The monoisotopic (exact) mass is 750 g/mol. The van der Waals surface area contributed by atoms with Gasteiger partial charge in [0.1, 0.15) is 18.0 Å². The Morgan fingerprint density at radius 1 is 1.04 bits per heavy atom. The first-order valence-electron chi connectivity index (χ1n) is 16.0. The van der Waals surface area contributed by atoms with E-state index in [1.807, 2.05) is 55.5 Å². The van der Waals surface area contributed by atoms with Gasteiger partial charge in [0.25, 0.3) is 0 Å². The lowest BCUT2D eigenvalue weighted by atomic mass is 9.98. The molecule has 3 atom stereocenters. The van der Waals surface area contributed by atoms with Gasteiger partial charge in [-0.25, -0.2) is 24.2 Å². The highest BCUT2D eigenvalue weighted by atomic mass is 35.5. The summed E-state index contributed by atoms with van der Waals surface area (Å²) in [6.45, 7) is 8.14. The van der Waals surface area contributed by atoms with Gasteiger partial charge in [-0.05, 0) is 42.9 Å². The van der Waals surface area contributed by atoms with E-state index in [2.05, 4.69) is 32.2 Å². The number of hydrazone groups is 2. The molecule has 7 N–H and O–H groups in total. The molecule has 52 heavy (non-hydrogen) atoms. The van der Waals surface area contributed by atoms with E-state index in [1.165, 1.54) is 13.8 Å². The zero-order valence-electron chi connectivity index (χ0n) is 28.8. The minimum atomic E-state index is -1.38. The van der Waals surface area contributed by atoms with Crippen LogP contribution in [0.3, 0.4) is 0 Å². The quantitative estimate of drug-likeness (QED) is 0.0175. The summed E-state index contributed by atoms with van der Waals surface area (Å²) in [6.07, 6.45) is -2.37. The van der Waals surface area contributed by atoms with Crippen LogP contribution in [-0.2, 0) is 36.9 Å². The maximum Gasteiger partial charge on any atom is 0.511 e. The standard InChI is InChI=1S/C32H43ClN8O11/c1-5-6-13-27-36-29(33)28(31(42)49-21(3)50-32(43)48-18-9-12-26(52-41(46)47)20(2)51-40(44)45)39(27)19-22-14-16-23(17-15-22)24-10-7-8-11-25(24)30(37-34)38-35-4/h7-8,10-11,14-17,20-21,26,44-47H,4-6,9,12-13,18-19,34H2,1-3H3,(H,37,38)/t20-,21?,26-/m1/s1. The number of carbonyl (C=O) groups excluding carboxylic acids is 2. The van der Waals surface area contributed by atoms with E-state index in [0.717, 1.165) is 35.1 Å². The van der Waals surface area contributed by atoms with Crippen molar-refractivity contribution in [3.05, 3.63) is 76.3 Å². The minimum Gasteiger partial charge on any atom is -0.434 e. The van der Waals surface area contributed by atoms with Gasteiger partial charge >= 0.3 is 12.1 Å². The van der Waals surface area contributed by atoms with Crippen molar-refractivity contribution < 1.29 is 54.3 Å². The number of carbonyl (C=O) groups is 2. The molecular weight excluding hydrogens is 708 g/mol. The maximum absolute atomic E-state index is 13.4. The van der Waals surface area contributed by atoms with E-state index in [1.54, 1.807) is 4.57 Å². The van der Waals surface area contributed by atoms with E-state index in [4.69, 9.17) is 57.3 Å². The van der Waals surface area contributed by atoms with E-state index < -0.39 is 41.4 Å². The number of aryl methyl sites for hydroxylation is 1. The number of ether oxygens (including phenoxy) is 3. The Kier molecular flexibility index (Phi) is 16.8. The number of hydrogen-bond donors (Lipinski definition) is 6. The Morgan fingerprint density at radius 3 is 2.37 bits per heavy atom. The minimum absolute atomic E-state index is 0.0122. The molecule has 0 spiro atoms. The van der Waals surface area contributed by atoms with Crippen LogP contribution in [0.5, 0.6) is 0 Å². The summed E-state index contributed by atoms with van der Waals surface area (Å²) >= 11 is 6.47. The lowest BCUT2D eigenvalue weighted by molar-refractivity contribution is -0.537. The zero-order valence-corrected chi connectivity index (χ0v) is 29.5. The van der Waals surface area contributed by atoms with Gasteiger partial charge in [-0.3, -0.25) is 26.3 Å². The van der Waals surface area contributed by atoms with E-state index in [9.17, 15) is 9.59 Å². The van der Waals surface area contributed by atoms with Gasteiger partial charge in [-0.1, -0.05) is 73.5 Å². The van der Waals surface area contributed by atoms with Crippen molar-refractivity contribution in [2.75, 3.05) is 6.61 Å². The smallest absolute Gasteiger partial charge is 0.434 e. The lowest BCUT2D eigenvalue weighted by Crippen LogP contribution is -2.37. The Balaban J connectivity index is 1.68. The highest BCUT2D eigenvalue weighted by Crippen LogP contribution is 2.27. The molecule has 0 fully saturated rings. The Labute approximate surface area is 304 Å². The third-order valence-corrected chi connectivity index (χ3v) is 7.72. The van der Waals surface area contributed by atoms with Crippen LogP contribution in [0.15, 0.2) is 58.7 Å². The molecule has 1 aromatic heterocycles. The number of halogens is 1. The van der Waals surface area contributed by atoms with Crippen molar-refractivity contribution >= 4 is 36.3 Å². The van der Waals surface area contributed by atoms with Crippen LogP contribution < -0.4 is 11.3 Å². The van der Waals surface area contributed by atoms with Gasteiger partial charge in [0.15, 0.2) is 16.7 Å². The van der Waals surface area contributed by atoms with Gasteiger partial charge in [0.2, 0.25) is 6.29 Å². The van der Waals surface area contributed by atoms with Crippen molar-refractivity contribution in [1.82, 2.24) is 25.8 Å². The highest BCUT2D eigenvalue weighted by molar-refractivity contribution is 6.32. The topological polar surface area (TPSA) is 248 Å². The molecule has 284 valence electrons. The number of nitrogens with one attached hydrogen (secondary N) is 1. The molecule has 0 aliphatic heterocycles. The fraction of sp³-hybridized carbons (Fsp3) is 0.406. The number of nitrogens with zero attached hydrogens (tertiary/aromatic N) is 6. The van der Waals surface area contributed by atoms with Crippen LogP contribution in [0.4, 0.5) is 4.79 Å². The second kappa shape index (κ2) is 21.0. The molecule has 3 rings (SSSR count). The van der Waals surface area contributed by atoms with E-state index >= 15 is 0 Å². The van der Waals surface area contributed by atoms with Crippen molar-refractivity contribution in [3.8, 4) is 11.1 Å². The predicted molar refractivity (Wildman–Crippen MR) is 183 cm³/mol. The second-order valence-electron chi connectivity index (χ2n) is 11.1. The molecule has 0 saturated heterocycles. The number of hydrogen-bond acceptors (Lipinski definition) is 17. The molecule has 0 bridgehead atoms. The number of aromatic nitrogens is 2. The molecule has 1 heterocycles. The fourth-order valence-electron chi connectivity index (χ4n) is 5.06. The number of nitrogens with two attached hydrogens (primary N) is 1. The average Bonchev–Trinajstić information content (AvgIpc) is 3.41. The van der Waals surface area contributed by atoms with Crippen LogP contribution in [0, 0.1) is 0 Å². The molecule has 2 aromatic carbocycles. The molecule has 0 saturated carbocycles.